The van der Waals surface area contributed by atoms with Crippen LogP contribution in [0.15, 0.2) is 115 Å². The molecule has 3 aromatic heterocycles. The monoisotopic (exact) mass is 515 g/mol. The van der Waals surface area contributed by atoms with Crippen molar-refractivity contribution in [2.75, 3.05) is 0 Å². The van der Waals surface area contributed by atoms with Crippen LogP contribution in [0.5, 0.6) is 0 Å². The highest BCUT2D eigenvalue weighted by Gasteiger charge is 2.29. The van der Waals surface area contributed by atoms with Crippen LogP contribution in [0.4, 0.5) is 0 Å². The highest BCUT2D eigenvalue weighted by atomic mass is 32.2. The Labute approximate surface area is 224 Å². The van der Waals surface area contributed by atoms with E-state index in [4.69, 9.17) is 0 Å². The van der Waals surface area contributed by atoms with Crippen LogP contribution in [-0.2, 0) is 6.42 Å². The van der Waals surface area contributed by atoms with Crippen LogP contribution in [0, 0.1) is 0 Å². The third kappa shape index (κ3) is 4.53. The Balaban J connectivity index is 1.47. The first-order valence-electron chi connectivity index (χ1n) is 12.5. The maximum Gasteiger partial charge on any atom is 0.197 e. The Kier molecular flexibility index (Phi) is 6.58. The van der Waals surface area contributed by atoms with E-state index in [0.29, 0.717) is 16.5 Å². The molecule has 1 N–H and O–H groups in total. The summed E-state index contributed by atoms with van der Waals surface area (Å²) in [6.07, 6.45) is 6.25. The van der Waals surface area contributed by atoms with Crippen molar-refractivity contribution in [2.24, 2.45) is 0 Å². The number of nitrogens with one attached hydrogen (secondary N) is 1. The molecule has 6 aromatic rings. The number of aromatic nitrogens is 5. The highest BCUT2D eigenvalue weighted by molar-refractivity contribution is 8.00. The topological polar surface area (TPSA) is 76.5 Å². The van der Waals surface area contributed by atoms with E-state index in [0.717, 1.165) is 34.1 Å². The van der Waals surface area contributed by atoms with Crippen LogP contribution in [0.2, 0.25) is 0 Å². The smallest absolute Gasteiger partial charge is 0.197 e. The maximum atomic E-state index is 14.1. The first kappa shape index (κ1) is 23.9. The van der Waals surface area contributed by atoms with Crippen molar-refractivity contribution in [1.82, 2.24) is 24.7 Å². The lowest BCUT2D eigenvalue weighted by Gasteiger charge is -2.17. The molecule has 0 bridgehead atoms. The normalized spacial score (nSPS) is 12.0. The number of para-hydroxylation sites is 1. The summed E-state index contributed by atoms with van der Waals surface area (Å²) in [6.45, 7) is 2.14. The fraction of sp³-hybridized carbons (Fsp3) is 0.0968. The molecule has 0 amide bonds. The van der Waals surface area contributed by atoms with Gasteiger partial charge in [-0.3, -0.25) is 14.3 Å². The van der Waals surface area contributed by atoms with Gasteiger partial charge in [0.25, 0.3) is 0 Å². The van der Waals surface area contributed by atoms with Crippen LogP contribution in [0.25, 0.3) is 28.0 Å². The molecule has 6 rings (SSSR count). The number of carbonyl (C=O) groups is 1. The van der Waals surface area contributed by atoms with Crippen LogP contribution in [0.3, 0.4) is 0 Å². The van der Waals surface area contributed by atoms with Gasteiger partial charge < -0.3 is 4.98 Å². The molecule has 0 saturated carbocycles. The van der Waals surface area contributed by atoms with Crippen molar-refractivity contribution >= 4 is 28.4 Å². The quantitative estimate of drug-likeness (QED) is 0.173. The maximum absolute atomic E-state index is 14.1. The number of nitrogens with zero attached hydrogens (tertiary/aromatic N) is 4. The molecule has 7 heteroatoms. The van der Waals surface area contributed by atoms with Gasteiger partial charge in [-0.1, -0.05) is 79.3 Å². The molecule has 38 heavy (non-hydrogen) atoms. The molecule has 0 aliphatic rings. The van der Waals surface area contributed by atoms with Gasteiger partial charge in [-0.05, 0) is 47.9 Å². The summed E-state index contributed by atoms with van der Waals surface area (Å²) in [5, 5.41) is 10.2. The Morgan fingerprint density at radius 2 is 1.63 bits per heavy atom. The third-order valence-electron chi connectivity index (χ3n) is 6.59. The molecule has 0 radical (unpaired) electrons. The minimum atomic E-state index is -0.515. The number of benzene rings is 3. The zero-order valence-electron chi connectivity index (χ0n) is 20.8. The number of fused-ring (bicyclic) bond motifs is 1. The Morgan fingerprint density at radius 3 is 2.39 bits per heavy atom. The van der Waals surface area contributed by atoms with Crippen molar-refractivity contribution in [1.29, 1.82) is 0 Å². The summed E-state index contributed by atoms with van der Waals surface area (Å²) in [6, 6.07) is 30.0. The Bertz CT molecular complexity index is 1690. The number of Topliss-reactive ketones (excluding diaryl/α,β-unsaturated/α-hetero) is 1. The largest absolute Gasteiger partial charge is 0.360 e. The second kappa shape index (κ2) is 10.5. The van der Waals surface area contributed by atoms with E-state index < -0.39 is 5.25 Å². The van der Waals surface area contributed by atoms with Crippen LogP contribution >= 0.6 is 11.8 Å². The molecular formula is C31H25N5OS. The predicted octanol–water partition coefficient (Wildman–Crippen LogP) is 7.09. The average molecular weight is 516 g/mol. The number of H-pyrrole nitrogens is 1. The van der Waals surface area contributed by atoms with Crippen molar-refractivity contribution in [3.63, 3.8) is 0 Å². The molecule has 186 valence electrons. The van der Waals surface area contributed by atoms with Gasteiger partial charge in [0.1, 0.15) is 5.25 Å². The van der Waals surface area contributed by atoms with Gasteiger partial charge in [-0.25, -0.2) is 0 Å². The van der Waals surface area contributed by atoms with E-state index in [1.807, 2.05) is 71.3 Å². The van der Waals surface area contributed by atoms with Gasteiger partial charge in [-0.2, -0.15) is 0 Å². The predicted molar refractivity (Wildman–Crippen MR) is 152 cm³/mol. The Morgan fingerprint density at radius 1 is 0.895 bits per heavy atom. The first-order valence-corrected chi connectivity index (χ1v) is 13.4. The molecule has 1 atom stereocenters. The van der Waals surface area contributed by atoms with Crippen molar-refractivity contribution in [2.45, 2.75) is 23.8 Å². The number of aromatic amines is 1. The molecular weight excluding hydrogens is 490 g/mol. The number of rotatable bonds is 8. The number of pyridine rings is 1. The lowest BCUT2D eigenvalue weighted by atomic mass is 10.0. The molecule has 3 heterocycles. The zero-order chi connectivity index (χ0) is 25.9. The van der Waals surface area contributed by atoms with Crippen LogP contribution < -0.4 is 0 Å². The lowest BCUT2D eigenvalue weighted by Crippen LogP contribution is -2.11. The number of ketones is 1. The second-order valence-electron chi connectivity index (χ2n) is 8.92. The molecule has 0 unspecified atom stereocenters. The minimum absolute atomic E-state index is 0.0139. The molecule has 0 aliphatic heterocycles. The second-order valence-corrected chi connectivity index (χ2v) is 9.99. The summed E-state index contributed by atoms with van der Waals surface area (Å²) in [4.78, 5) is 21.5. The van der Waals surface area contributed by atoms with Gasteiger partial charge in [0.15, 0.2) is 16.8 Å². The molecule has 0 spiro atoms. The van der Waals surface area contributed by atoms with Crippen LogP contribution in [-0.4, -0.2) is 30.5 Å². The molecule has 0 aliphatic carbocycles. The van der Waals surface area contributed by atoms with E-state index in [-0.39, 0.29) is 5.78 Å². The van der Waals surface area contributed by atoms with E-state index in [2.05, 4.69) is 51.4 Å². The summed E-state index contributed by atoms with van der Waals surface area (Å²) in [5.74, 6) is 0.713. The van der Waals surface area contributed by atoms with Crippen LogP contribution in [0.1, 0.15) is 33.7 Å². The van der Waals surface area contributed by atoms with E-state index in [9.17, 15) is 4.79 Å². The SMILES string of the molecule is CCc1ccc(-n2c(S[C@H](C(=O)c3c[nH]c4ccccc34)c3ccccc3)nnc2-c2ccncc2)cc1. The van der Waals surface area contributed by atoms with E-state index in [1.54, 1.807) is 18.6 Å². The summed E-state index contributed by atoms with van der Waals surface area (Å²) < 4.78 is 2.03. The summed E-state index contributed by atoms with van der Waals surface area (Å²) in [7, 11) is 0. The van der Waals surface area contributed by atoms with E-state index in [1.165, 1.54) is 17.3 Å². The molecule has 3 aromatic carbocycles. The molecule has 6 nitrogen and oxygen atoms in total. The standard InChI is InChI=1S/C31H25N5OS/c1-2-21-12-14-24(15-13-21)36-30(23-16-18-32-19-17-23)34-35-31(36)38-29(22-8-4-3-5-9-22)28(37)26-20-33-27-11-7-6-10-25(26)27/h3-20,29,33H,2H2,1H3/t29-/m0/s1. The number of hydrogen-bond acceptors (Lipinski definition) is 5. The first-order chi connectivity index (χ1) is 18.7. The number of carbonyl (C=O) groups excluding carboxylic acids is 1. The van der Waals surface area contributed by atoms with E-state index >= 15 is 0 Å². The van der Waals surface area contributed by atoms with Crippen molar-refractivity contribution < 1.29 is 4.79 Å². The van der Waals surface area contributed by atoms with Gasteiger partial charge >= 0.3 is 0 Å². The van der Waals surface area contributed by atoms with Crippen molar-refractivity contribution in [3.05, 3.63) is 126 Å². The fourth-order valence-electron chi connectivity index (χ4n) is 4.57. The van der Waals surface area contributed by atoms with Gasteiger partial charge in [0, 0.05) is 46.3 Å². The zero-order valence-corrected chi connectivity index (χ0v) is 21.6. The molecule has 0 saturated heterocycles. The number of thioether (sulfide) groups is 1. The number of aryl methyl sites for hydroxylation is 1. The number of hydrogen-bond donors (Lipinski definition) is 1. The highest BCUT2D eigenvalue weighted by Crippen LogP contribution is 2.40. The van der Waals surface area contributed by atoms with Crippen molar-refractivity contribution in [3.8, 4) is 17.1 Å². The fourth-order valence-corrected chi connectivity index (χ4v) is 5.69. The third-order valence-corrected chi connectivity index (χ3v) is 7.79. The Hall–Kier alpha value is -4.49. The van der Waals surface area contributed by atoms with Gasteiger partial charge in [0.05, 0.1) is 0 Å². The minimum Gasteiger partial charge on any atom is -0.360 e. The molecule has 0 fully saturated rings. The van der Waals surface area contributed by atoms with Gasteiger partial charge in [0.2, 0.25) is 0 Å². The lowest BCUT2D eigenvalue weighted by molar-refractivity contribution is 0.0991. The summed E-state index contributed by atoms with van der Waals surface area (Å²) >= 11 is 1.41. The average Bonchev–Trinajstić information content (AvgIpc) is 3.61. The van der Waals surface area contributed by atoms with Gasteiger partial charge in [-0.15, -0.1) is 10.2 Å². The summed E-state index contributed by atoms with van der Waals surface area (Å²) in [5.41, 5.74) is 5.60.